The molecule has 2 N–H and O–H groups in total. The van der Waals surface area contributed by atoms with E-state index >= 15 is 0 Å². The molecule has 0 heterocycles. The van der Waals surface area contributed by atoms with Crippen LogP contribution in [0, 0.1) is 0 Å². The van der Waals surface area contributed by atoms with Gasteiger partial charge in [-0.1, -0.05) is 0 Å². The van der Waals surface area contributed by atoms with Crippen molar-refractivity contribution in [2.45, 2.75) is 0 Å². The van der Waals surface area contributed by atoms with Crippen LogP contribution >= 0.6 is 0 Å². The van der Waals surface area contributed by atoms with E-state index < -0.39 is 14.5 Å². The first-order chi connectivity index (χ1) is 2.56. The fourth-order valence-electron chi connectivity index (χ4n) is 0. The van der Waals surface area contributed by atoms with Crippen LogP contribution in [-0.4, -0.2) is 67.6 Å². The van der Waals surface area contributed by atoms with Crippen LogP contribution < -0.4 is 0 Å². The van der Waals surface area contributed by atoms with Crippen LogP contribution in [0.1, 0.15) is 0 Å². The molecular formula is CH7AsCaO4. The summed E-state index contributed by atoms with van der Waals surface area (Å²) in [7, 11) is 0.972. The summed E-state index contributed by atoms with van der Waals surface area (Å²) >= 11 is -4.66. The molecule has 0 atom stereocenters. The van der Waals surface area contributed by atoms with Gasteiger partial charge >= 0.3 is 75.0 Å². The number of hydrogen-bond donors (Lipinski definition) is 2. The molecule has 0 radical (unpaired) electrons. The van der Waals surface area contributed by atoms with Gasteiger partial charge in [-0.25, -0.2) is 0 Å². The van der Waals surface area contributed by atoms with Crippen LogP contribution in [0.5, 0.6) is 0 Å². The van der Waals surface area contributed by atoms with E-state index in [1.54, 1.807) is 0 Å². The Balaban J connectivity index is 0. The topological polar surface area (TPSA) is 66.8 Å². The number of rotatable bonds is 1. The zero-order valence-corrected chi connectivity index (χ0v) is 5.03. The van der Waals surface area contributed by atoms with Gasteiger partial charge in [0.25, 0.3) is 0 Å². The predicted octanol–water partition coefficient (Wildman–Crippen LogP) is -2.43. The summed E-state index contributed by atoms with van der Waals surface area (Å²) in [6.45, 7) is 0. The van der Waals surface area contributed by atoms with Crippen molar-refractivity contribution in [2.75, 3.05) is 7.11 Å². The van der Waals surface area contributed by atoms with Crippen molar-refractivity contribution in [1.29, 1.82) is 0 Å². The van der Waals surface area contributed by atoms with Crippen molar-refractivity contribution < 1.29 is 15.7 Å². The third kappa shape index (κ3) is 11.2. The molecule has 4 nitrogen and oxygen atoms in total. The molecular weight excluding hydrogens is 191 g/mol. The zero-order chi connectivity index (χ0) is 5.21. The second-order valence-electron chi connectivity index (χ2n) is 0.673. The molecule has 0 aromatic rings. The van der Waals surface area contributed by atoms with E-state index in [1.165, 1.54) is 0 Å². The Morgan fingerprint density at radius 3 is 1.71 bits per heavy atom. The van der Waals surface area contributed by atoms with Gasteiger partial charge in [0.1, 0.15) is 0 Å². The maximum absolute atomic E-state index is 9.53. The molecule has 0 rings (SSSR count). The molecule has 7 heavy (non-hydrogen) atoms. The molecule has 0 amide bonds. The van der Waals surface area contributed by atoms with Crippen LogP contribution in [0.2, 0.25) is 0 Å². The van der Waals surface area contributed by atoms with Crippen molar-refractivity contribution in [1.82, 2.24) is 0 Å². The number of hydrogen-bond acceptors (Lipinski definition) is 2. The van der Waals surface area contributed by atoms with Crippen LogP contribution in [-0.2, 0) is 7.47 Å². The molecule has 42 valence electrons. The summed E-state index contributed by atoms with van der Waals surface area (Å²) < 4.78 is 28.8. The van der Waals surface area contributed by atoms with Gasteiger partial charge in [-0.3, -0.25) is 0 Å². The Labute approximate surface area is 74.2 Å². The van der Waals surface area contributed by atoms with Crippen LogP contribution in [0.4, 0.5) is 0 Å². The Kier molecular flexibility index (Phi) is 7.09. The van der Waals surface area contributed by atoms with Crippen molar-refractivity contribution in [3.8, 4) is 0 Å². The van der Waals surface area contributed by atoms with E-state index in [2.05, 4.69) is 3.73 Å². The first kappa shape index (κ1) is 11.3. The van der Waals surface area contributed by atoms with Gasteiger partial charge in [0, 0.05) is 0 Å². The van der Waals surface area contributed by atoms with Crippen LogP contribution in [0.15, 0.2) is 0 Å². The summed E-state index contributed by atoms with van der Waals surface area (Å²) in [6.07, 6.45) is 0. The monoisotopic (exact) mass is 198 g/mol. The van der Waals surface area contributed by atoms with E-state index in [9.17, 15) is 3.74 Å². The van der Waals surface area contributed by atoms with Gasteiger partial charge in [-0.05, 0) is 0 Å². The van der Waals surface area contributed by atoms with Crippen molar-refractivity contribution in [3.63, 3.8) is 0 Å². The van der Waals surface area contributed by atoms with E-state index in [4.69, 9.17) is 8.19 Å². The summed E-state index contributed by atoms with van der Waals surface area (Å²) in [5, 5.41) is 0. The van der Waals surface area contributed by atoms with Crippen LogP contribution in [0.3, 0.4) is 0 Å². The quantitative estimate of drug-likeness (QED) is 0.459. The molecule has 6 heteroatoms. The molecule has 0 aromatic carbocycles. The molecule has 0 aliphatic carbocycles. The van der Waals surface area contributed by atoms with E-state index in [0.29, 0.717) is 0 Å². The molecule has 0 saturated carbocycles. The normalized spacial score (nSPS) is 10.1. The first-order valence-corrected chi connectivity index (χ1v) is 4.38. The van der Waals surface area contributed by atoms with E-state index in [0.717, 1.165) is 7.11 Å². The minimum absolute atomic E-state index is 0. The van der Waals surface area contributed by atoms with Gasteiger partial charge in [0.2, 0.25) is 0 Å². The molecule has 0 aromatic heterocycles. The summed E-state index contributed by atoms with van der Waals surface area (Å²) in [6, 6.07) is 0. The summed E-state index contributed by atoms with van der Waals surface area (Å²) in [5.74, 6) is 0. The third-order valence-corrected chi connectivity index (χ3v) is 1.24. The summed E-state index contributed by atoms with van der Waals surface area (Å²) in [4.78, 5) is 0. The van der Waals surface area contributed by atoms with Gasteiger partial charge in [0.05, 0.1) is 0 Å². The van der Waals surface area contributed by atoms with Crippen LogP contribution in [0.25, 0.3) is 0 Å². The average Bonchev–Trinajstić information content (AvgIpc) is 1.35. The van der Waals surface area contributed by atoms with Crippen molar-refractivity contribution >= 4 is 52.3 Å². The Morgan fingerprint density at radius 1 is 1.57 bits per heavy atom. The molecule has 0 aliphatic rings. The molecule has 0 unspecified atom stereocenters. The Morgan fingerprint density at radius 2 is 1.71 bits per heavy atom. The van der Waals surface area contributed by atoms with Gasteiger partial charge in [0.15, 0.2) is 0 Å². The Hall–Kier alpha value is 1.50. The first-order valence-electron chi connectivity index (χ1n) is 1.17. The fourth-order valence-corrected chi connectivity index (χ4v) is 0. The second kappa shape index (κ2) is 4.38. The zero-order valence-electron chi connectivity index (χ0n) is 3.16. The van der Waals surface area contributed by atoms with E-state index in [-0.39, 0.29) is 37.7 Å². The fraction of sp³-hybridized carbons (Fsp3) is 1.00. The summed E-state index contributed by atoms with van der Waals surface area (Å²) in [5.41, 5.74) is 0. The molecule has 0 bridgehead atoms. The van der Waals surface area contributed by atoms with Gasteiger partial charge in [-0.15, -0.1) is 0 Å². The molecule has 0 saturated heterocycles. The predicted molar refractivity (Wildman–Crippen MR) is 26.4 cm³/mol. The molecule has 0 aliphatic heterocycles. The average molecular weight is 198 g/mol. The second-order valence-corrected chi connectivity index (χ2v) is 3.50. The SMILES string of the molecule is CO[As](=O)(O)O.[CaH2]. The Bertz CT molecular complexity index is 75.8. The molecule has 0 fully saturated rings. The minimum atomic E-state index is -4.66. The van der Waals surface area contributed by atoms with Gasteiger partial charge < -0.3 is 0 Å². The van der Waals surface area contributed by atoms with E-state index in [1.807, 2.05) is 0 Å². The van der Waals surface area contributed by atoms with Crippen molar-refractivity contribution in [2.24, 2.45) is 0 Å². The maximum atomic E-state index is 9.53. The molecule has 0 spiro atoms. The van der Waals surface area contributed by atoms with Crippen molar-refractivity contribution in [3.05, 3.63) is 0 Å². The third-order valence-electron chi connectivity index (χ3n) is 0.238. The standard InChI is InChI=1S/CH5AsO4.Ca.2H/c1-6-2(3,4)5;;;/h1H3,(H2,3,4,5);;;. The van der Waals surface area contributed by atoms with Gasteiger partial charge in [-0.2, -0.15) is 0 Å².